The van der Waals surface area contributed by atoms with Crippen LogP contribution in [0.15, 0.2) is 72.8 Å². The zero-order valence-electron chi connectivity index (χ0n) is 17.9. The Morgan fingerprint density at radius 2 is 1.78 bits per heavy atom. The number of aromatic nitrogens is 2. The molecule has 0 aliphatic carbocycles. The quantitative estimate of drug-likeness (QED) is 0.388. The number of anilines is 1. The zero-order chi connectivity index (χ0) is 22.1. The highest BCUT2D eigenvalue weighted by Gasteiger charge is 2.34. The van der Waals surface area contributed by atoms with E-state index in [2.05, 4.69) is 10.6 Å². The van der Waals surface area contributed by atoms with Crippen LogP contribution in [-0.2, 0) is 11.3 Å². The van der Waals surface area contributed by atoms with E-state index in [-0.39, 0.29) is 11.8 Å². The molecule has 1 saturated heterocycles. The van der Waals surface area contributed by atoms with E-state index in [1.165, 1.54) is 5.56 Å². The van der Waals surface area contributed by atoms with Gasteiger partial charge in [0.2, 0.25) is 5.91 Å². The third-order valence-electron chi connectivity index (χ3n) is 5.93. The number of para-hydroxylation sites is 3. The second-order valence-corrected chi connectivity index (χ2v) is 8.54. The van der Waals surface area contributed by atoms with Gasteiger partial charge in [-0.3, -0.25) is 4.79 Å². The van der Waals surface area contributed by atoms with E-state index in [9.17, 15) is 4.79 Å². The van der Waals surface area contributed by atoms with Crippen LogP contribution in [0.5, 0.6) is 5.75 Å². The molecule has 1 fully saturated rings. The number of halogens is 1. The summed E-state index contributed by atoms with van der Waals surface area (Å²) in [5.41, 5.74) is 4.10. The van der Waals surface area contributed by atoms with Crippen molar-refractivity contribution >= 4 is 34.2 Å². The lowest BCUT2D eigenvalue weighted by molar-refractivity contribution is -0.117. The van der Waals surface area contributed by atoms with Gasteiger partial charge in [0.15, 0.2) is 0 Å². The molecule has 0 radical (unpaired) electrons. The molecule has 0 unspecified atom stereocenters. The van der Waals surface area contributed by atoms with E-state index >= 15 is 0 Å². The zero-order valence-corrected chi connectivity index (χ0v) is 18.6. The number of carbonyl (C=O) groups excluding carboxylic acids is 1. The Labute approximate surface area is 192 Å². The molecule has 0 saturated carbocycles. The molecule has 4 aromatic rings. The summed E-state index contributed by atoms with van der Waals surface area (Å²) in [5, 5.41) is 0.596. The Morgan fingerprint density at radius 3 is 2.59 bits per heavy atom. The van der Waals surface area contributed by atoms with Gasteiger partial charge in [0.25, 0.3) is 0 Å². The molecule has 2 heterocycles. The van der Waals surface area contributed by atoms with Crippen LogP contribution in [0.25, 0.3) is 11.0 Å². The normalized spacial score (nSPS) is 16.1. The Bertz CT molecular complexity index is 1270. The number of amides is 1. The topological polar surface area (TPSA) is 47.4 Å². The molecule has 0 spiro atoms. The number of ether oxygens (including phenoxy) is 1. The fraction of sp³-hybridized carbons (Fsp3) is 0.231. The van der Waals surface area contributed by atoms with Gasteiger partial charge in [0.05, 0.1) is 22.6 Å². The number of hydrogen-bond donors (Lipinski definition) is 0. The second-order valence-electron chi connectivity index (χ2n) is 8.13. The van der Waals surface area contributed by atoms with E-state index < -0.39 is 0 Å². The Kier molecular flexibility index (Phi) is 5.58. The molecular formula is C26H24ClN3O2. The lowest BCUT2D eigenvalue weighted by atomic mass is 10.1. The summed E-state index contributed by atoms with van der Waals surface area (Å²) in [7, 11) is 0. The van der Waals surface area contributed by atoms with Gasteiger partial charge in [0.1, 0.15) is 18.2 Å². The third-order valence-corrected chi connectivity index (χ3v) is 6.24. The summed E-state index contributed by atoms with van der Waals surface area (Å²) in [6.45, 7) is 3.75. The molecule has 5 nitrogen and oxygen atoms in total. The molecular weight excluding hydrogens is 422 g/mol. The highest BCUT2D eigenvalue weighted by atomic mass is 35.5. The molecule has 1 aromatic heterocycles. The Morgan fingerprint density at radius 1 is 1.03 bits per heavy atom. The highest BCUT2D eigenvalue weighted by molar-refractivity contribution is 6.32. The molecule has 3 aromatic carbocycles. The van der Waals surface area contributed by atoms with Crippen molar-refractivity contribution in [3.8, 4) is 5.75 Å². The summed E-state index contributed by atoms with van der Waals surface area (Å²) in [5.74, 6) is 1.75. The number of aryl methyl sites for hydroxylation is 1. The van der Waals surface area contributed by atoms with E-state index in [4.69, 9.17) is 21.3 Å². The molecule has 1 atom stereocenters. The van der Waals surface area contributed by atoms with Gasteiger partial charge in [-0.25, -0.2) is 4.98 Å². The van der Waals surface area contributed by atoms with Crippen molar-refractivity contribution in [2.45, 2.75) is 25.8 Å². The molecule has 0 N–H and O–H groups in total. The Balaban J connectivity index is 1.41. The van der Waals surface area contributed by atoms with Crippen molar-refractivity contribution < 1.29 is 9.53 Å². The summed E-state index contributed by atoms with van der Waals surface area (Å²) < 4.78 is 8.12. The minimum atomic E-state index is 0.0246. The number of benzene rings is 3. The van der Waals surface area contributed by atoms with Crippen LogP contribution in [-0.4, -0.2) is 28.6 Å². The molecule has 1 aliphatic heterocycles. The summed E-state index contributed by atoms with van der Waals surface area (Å²) >= 11 is 6.23. The maximum absolute atomic E-state index is 12.9. The molecule has 5 rings (SSSR count). The van der Waals surface area contributed by atoms with E-state index in [0.717, 1.165) is 22.5 Å². The van der Waals surface area contributed by atoms with Crippen LogP contribution in [0.4, 0.5) is 5.69 Å². The van der Waals surface area contributed by atoms with Gasteiger partial charge < -0.3 is 14.2 Å². The number of fused-ring (bicyclic) bond motifs is 1. The molecule has 1 aliphatic rings. The smallest absolute Gasteiger partial charge is 0.227 e. The van der Waals surface area contributed by atoms with Crippen LogP contribution >= 0.6 is 11.6 Å². The van der Waals surface area contributed by atoms with Crippen LogP contribution in [0.2, 0.25) is 5.02 Å². The molecule has 6 heteroatoms. The number of imidazole rings is 1. The van der Waals surface area contributed by atoms with Gasteiger partial charge >= 0.3 is 0 Å². The summed E-state index contributed by atoms with van der Waals surface area (Å²) in [6.07, 6.45) is 0.447. The molecule has 162 valence electrons. The number of carbonyl (C=O) groups is 1. The van der Waals surface area contributed by atoms with Crippen molar-refractivity contribution in [3.05, 3.63) is 89.2 Å². The largest absolute Gasteiger partial charge is 0.490 e. The van der Waals surface area contributed by atoms with E-state index in [1.54, 1.807) is 0 Å². The van der Waals surface area contributed by atoms with Crippen molar-refractivity contribution in [2.24, 2.45) is 0 Å². The van der Waals surface area contributed by atoms with Gasteiger partial charge in [0, 0.05) is 24.6 Å². The first-order valence-corrected chi connectivity index (χ1v) is 11.2. The van der Waals surface area contributed by atoms with Crippen molar-refractivity contribution in [1.29, 1.82) is 0 Å². The maximum Gasteiger partial charge on any atom is 0.227 e. The predicted octanol–water partition coefficient (Wildman–Crippen LogP) is 5.60. The number of hydrogen-bond acceptors (Lipinski definition) is 3. The SMILES string of the molecule is Cc1ccc(N2C[C@@H](c3nc4ccccc4n3CCOc3ccccc3Cl)CC2=O)cc1. The van der Waals surface area contributed by atoms with Crippen molar-refractivity contribution in [1.82, 2.24) is 9.55 Å². The third kappa shape index (κ3) is 3.96. The number of nitrogens with zero attached hydrogens (tertiary/aromatic N) is 3. The van der Waals surface area contributed by atoms with E-state index in [0.29, 0.717) is 36.9 Å². The standard InChI is InChI=1S/C26H24ClN3O2/c1-18-10-12-20(13-11-18)30-17-19(16-25(30)31)26-28-22-7-3-4-8-23(22)29(26)14-15-32-24-9-5-2-6-21(24)27/h2-13,19H,14-17H2,1H3/t19-/m0/s1. The van der Waals surface area contributed by atoms with Crippen LogP contribution in [0.3, 0.4) is 0 Å². The fourth-order valence-corrected chi connectivity index (χ4v) is 4.49. The minimum absolute atomic E-state index is 0.0246. The lowest BCUT2D eigenvalue weighted by Crippen LogP contribution is -2.24. The first-order valence-electron chi connectivity index (χ1n) is 10.8. The lowest BCUT2D eigenvalue weighted by Gasteiger charge is -2.18. The summed E-state index contributed by atoms with van der Waals surface area (Å²) in [6, 6.07) is 23.6. The highest BCUT2D eigenvalue weighted by Crippen LogP contribution is 2.33. The average Bonchev–Trinajstić information content (AvgIpc) is 3.36. The Hall–Kier alpha value is -3.31. The van der Waals surface area contributed by atoms with E-state index in [1.807, 2.05) is 78.6 Å². The van der Waals surface area contributed by atoms with Crippen LogP contribution in [0, 0.1) is 6.92 Å². The molecule has 1 amide bonds. The molecule has 32 heavy (non-hydrogen) atoms. The second kappa shape index (κ2) is 8.67. The monoisotopic (exact) mass is 445 g/mol. The molecule has 0 bridgehead atoms. The minimum Gasteiger partial charge on any atom is -0.490 e. The van der Waals surface area contributed by atoms with Gasteiger partial charge in [-0.2, -0.15) is 0 Å². The number of rotatable bonds is 6. The van der Waals surface area contributed by atoms with Gasteiger partial charge in [-0.05, 0) is 43.3 Å². The maximum atomic E-state index is 12.9. The first-order chi connectivity index (χ1) is 15.6. The van der Waals surface area contributed by atoms with Gasteiger partial charge in [-0.1, -0.05) is 53.6 Å². The average molecular weight is 446 g/mol. The van der Waals surface area contributed by atoms with Crippen molar-refractivity contribution in [3.63, 3.8) is 0 Å². The van der Waals surface area contributed by atoms with Crippen LogP contribution in [0.1, 0.15) is 23.7 Å². The summed E-state index contributed by atoms with van der Waals surface area (Å²) in [4.78, 5) is 19.6. The predicted molar refractivity (Wildman–Crippen MR) is 128 cm³/mol. The first kappa shape index (κ1) is 20.6. The van der Waals surface area contributed by atoms with Crippen molar-refractivity contribution in [2.75, 3.05) is 18.1 Å². The van der Waals surface area contributed by atoms with Crippen LogP contribution < -0.4 is 9.64 Å². The van der Waals surface area contributed by atoms with Gasteiger partial charge in [-0.15, -0.1) is 0 Å². The fourth-order valence-electron chi connectivity index (χ4n) is 4.30.